The number of halogens is 1. The highest BCUT2D eigenvalue weighted by Crippen LogP contribution is 2.30. The van der Waals surface area contributed by atoms with Gasteiger partial charge in [-0.3, -0.25) is 4.79 Å². The molecule has 19 heavy (non-hydrogen) atoms. The Labute approximate surface area is 119 Å². The number of benzene rings is 1. The number of hydrogen-bond acceptors (Lipinski definition) is 4. The number of amides is 1. The predicted octanol–water partition coefficient (Wildman–Crippen LogP) is 2.99. The van der Waals surface area contributed by atoms with E-state index in [2.05, 4.69) is 10.3 Å². The number of ether oxygens (including phenoxy) is 1. The van der Waals surface area contributed by atoms with Crippen molar-refractivity contribution in [2.45, 2.75) is 6.42 Å². The molecule has 1 aliphatic heterocycles. The Morgan fingerprint density at radius 2 is 2.42 bits per heavy atom. The van der Waals surface area contributed by atoms with Crippen LogP contribution in [0.25, 0.3) is 0 Å². The molecule has 1 N–H and O–H groups in total. The van der Waals surface area contributed by atoms with E-state index in [0.29, 0.717) is 23.2 Å². The Morgan fingerprint density at radius 3 is 3.21 bits per heavy atom. The van der Waals surface area contributed by atoms with E-state index < -0.39 is 0 Å². The summed E-state index contributed by atoms with van der Waals surface area (Å²) >= 11 is 7.35. The standard InChI is InChI=1S/C13H11ClN2O2S/c14-10-1-2-11-8(6-10)5-9(7-18-11)12(17)16-13-15-3-4-19-13/h1-4,6,9H,5,7H2,(H,15,16,17)/t9-/m1/s1. The van der Waals surface area contributed by atoms with E-state index in [-0.39, 0.29) is 11.8 Å². The minimum Gasteiger partial charge on any atom is -0.492 e. The molecular formula is C13H11ClN2O2S. The highest BCUT2D eigenvalue weighted by atomic mass is 35.5. The summed E-state index contributed by atoms with van der Waals surface area (Å²) in [5.74, 6) is 0.526. The van der Waals surface area contributed by atoms with Crippen molar-refractivity contribution in [1.29, 1.82) is 0 Å². The molecule has 0 bridgehead atoms. The van der Waals surface area contributed by atoms with Crippen LogP contribution in [0.1, 0.15) is 5.56 Å². The van der Waals surface area contributed by atoms with E-state index in [0.717, 1.165) is 11.3 Å². The molecular weight excluding hydrogens is 284 g/mol. The van der Waals surface area contributed by atoms with Gasteiger partial charge >= 0.3 is 0 Å². The Bertz CT molecular complexity index is 601. The zero-order valence-corrected chi connectivity index (χ0v) is 11.5. The summed E-state index contributed by atoms with van der Waals surface area (Å²) in [5.41, 5.74) is 0.970. The third-order valence-corrected chi connectivity index (χ3v) is 3.89. The van der Waals surface area contributed by atoms with E-state index in [1.54, 1.807) is 12.3 Å². The summed E-state index contributed by atoms with van der Waals surface area (Å²) in [5, 5.41) is 5.88. The molecule has 6 heteroatoms. The maximum Gasteiger partial charge on any atom is 0.233 e. The number of rotatable bonds is 2. The molecule has 0 fully saturated rings. The third-order valence-electron chi connectivity index (χ3n) is 2.96. The van der Waals surface area contributed by atoms with E-state index in [9.17, 15) is 4.79 Å². The van der Waals surface area contributed by atoms with Gasteiger partial charge in [0, 0.05) is 16.6 Å². The normalized spacial score (nSPS) is 17.4. The van der Waals surface area contributed by atoms with Crippen molar-refractivity contribution >= 4 is 34.0 Å². The molecule has 1 aromatic carbocycles. The van der Waals surface area contributed by atoms with Gasteiger partial charge in [0.2, 0.25) is 5.91 Å². The van der Waals surface area contributed by atoms with Gasteiger partial charge < -0.3 is 10.1 Å². The van der Waals surface area contributed by atoms with Crippen molar-refractivity contribution in [2.24, 2.45) is 5.92 Å². The third kappa shape index (κ3) is 2.72. The number of nitrogens with one attached hydrogen (secondary N) is 1. The van der Waals surface area contributed by atoms with Crippen molar-refractivity contribution in [3.05, 3.63) is 40.4 Å². The first-order valence-electron chi connectivity index (χ1n) is 5.84. The van der Waals surface area contributed by atoms with Crippen LogP contribution in [0, 0.1) is 5.92 Å². The molecule has 3 rings (SSSR count). The Kier molecular flexibility index (Phi) is 3.40. The Morgan fingerprint density at radius 1 is 1.53 bits per heavy atom. The van der Waals surface area contributed by atoms with E-state index in [1.165, 1.54) is 11.3 Å². The average molecular weight is 295 g/mol. The zero-order chi connectivity index (χ0) is 13.2. The van der Waals surface area contributed by atoms with Gasteiger partial charge in [-0.1, -0.05) is 11.6 Å². The minimum atomic E-state index is -0.213. The Hall–Kier alpha value is -1.59. The molecule has 1 atom stereocenters. The monoisotopic (exact) mass is 294 g/mol. The summed E-state index contributed by atoms with van der Waals surface area (Å²) in [6.07, 6.45) is 2.29. The van der Waals surface area contributed by atoms with Gasteiger partial charge in [-0.05, 0) is 30.2 Å². The fourth-order valence-electron chi connectivity index (χ4n) is 2.02. The summed E-state index contributed by atoms with van der Waals surface area (Å²) in [6, 6.07) is 5.47. The van der Waals surface area contributed by atoms with Crippen molar-refractivity contribution in [2.75, 3.05) is 11.9 Å². The van der Waals surface area contributed by atoms with Gasteiger partial charge in [0.15, 0.2) is 5.13 Å². The van der Waals surface area contributed by atoms with E-state index in [1.807, 2.05) is 17.5 Å². The number of carbonyl (C=O) groups is 1. The molecule has 0 spiro atoms. The van der Waals surface area contributed by atoms with E-state index in [4.69, 9.17) is 16.3 Å². The van der Waals surface area contributed by atoms with Crippen LogP contribution < -0.4 is 10.1 Å². The molecule has 1 aromatic heterocycles. The van der Waals surface area contributed by atoms with Crippen molar-refractivity contribution < 1.29 is 9.53 Å². The lowest BCUT2D eigenvalue weighted by Crippen LogP contribution is -2.32. The maximum atomic E-state index is 12.1. The van der Waals surface area contributed by atoms with Crippen molar-refractivity contribution in [3.8, 4) is 5.75 Å². The number of nitrogens with zero attached hydrogens (tertiary/aromatic N) is 1. The second kappa shape index (κ2) is 5.19. The number of carbonyl (C=O) groups excluding carboxylic acids is 1. The molecule has 2 heterocycles. The van der Waals surface area contributed by atoms with Gasteiger partial charge in [0.05, 0.1) is 5.92 Å². The molecule has 1 aliphatic rings. The van der Waals surface area contributed by atoms with Crippen LogP contribution in [0.15, 0.2) is 29.8 Å². The highest BCUT2D eigenvalue weighted by molar-refractivity contribution is 7.13. The van der Waals surface area contributed by atoms with Crippen LogP contribution in [-0.2, 0) is 11.2 Å². The largest absolute Gasteiger partial charge is 0.492 e. The number of aromatic nitrogens is 1. The predicted molar refractivity (Wildman–Crippen MR) is 74.9 cm³/mol. The topological polar surface area (TPSA) is 51.2 Å². The van der Waals surface area contributed by atoms with Crippen LogP contribution in [0.4, 0.5) is 5.13 Å². The molecule has 98 valence electrons. The summed E-state index contributed by atoms with van der Waals surface area (Å²) in [7, 11) is 0. The molecule has 2 aromatic rings. The van der Waals surface area contributed by atoms with E-state index >= 15 is 0 Å². The van der Waals surface area contributed by atoms with Crippen LogP contribution in [0.3, 0.4) is 0 Å². The first-order chi connectivity index (χ1) is 9.22. The van der Waals surface area contributed by atoms with Crippen molar-refractivity contribution in [1.82, 2.24) is 4.98 Å². The average Bonchev–Trinajstić information content (AvgIpc) is 2.90. The first-order valence-corrected chi connectivity index (χ1v) is 7.10. The fraction of sp³-hybridized carbons (Fsp3) is 0.231. The second-order valence-corrected chi connectivity index (χ2v) is 5.62. The number of thiazole rings is 1. The molecule has 0 radical (unpaired) electrons. The van der Waals surface area contributed by atoms with Crippen molar-refractivity contribution in [3.63, 3.8) is 0 Å². The van der Waals surface area contributed by atoms with Crippen LogP contribution in [0.2, 0.25) is 5.02 Å². The van der Waals surface area contributed by atoms with Gasteiger partial charge in [0.25, 0.3) is 0 Å². The summed E-state index contributed by atoms with van der Waals surface area (Å²) in [4.78, 5) is 16.1. The van der Waals surface area contributed by atoms with Gasteiger partial charge in [-0.25, -0.2) is 4.98 Å². The molecule has 0 aliphatic carbocycles. The summed E-state index contributed by atoms with van der Waals surface area (Å²) < 4.78 is 5.59. The Balaban J connectivity index is 1.72. The highest BCUT2D eigenvalue weighted by Gasteiger charge is 2.26. The molecule has 0 unspecified atom stereocenters. The number of fused-ring (bicyclic) bond motifs is 1. The lowest BCUT2D eigenvalue weighted by Gasteiger charge is -2.24. The molecule has 0 saturated heterocycles. The van der Waals surface area contributed by atoms with Gasteiger partial charge in [-0.15, -0.1) is 11.3 Å². The number of anilines is 1. The number of hydrogen-bond donors (Lipinski definition) is 1. The smallest absolute Gasteiger partial charge is 0.233 e. The first kappa shape index (κ1) is 12.4. The van der Waals surface area contributed by atoms with Crippen LogP contribution >= 0.6 is 22.9 Å². The van der Waals surface area contributed by atoms with Crippen LogP contribution in [0.5, 0.6) is 5.75 Å². The lowest BCUT2D eigenvalue weighted by atomic mass is 9.96. The molecule has 0 saturated carbocycles. The zero-order valence-electron chi connectivity index (χ0n) is 9.93. The maximum absolute atomic E-state index is 12.1. The van der Waals surface area contributed by atoms with Crippen LogP contribution in [-0.4, -0.2) is 17.5 Å². The van der Waals surface area contributed by atoms with Gasteiger partial charge in [-0.2, -0.15) is 0 Å². The lowest BCUT2D eigenvalue weighted by molar-refractivity contribution is -0.121. The molecule has 4 nitrogen and oxygen atoms in total. The summed E-state index contributed by atoms with van der Waals surface area (Å²) in [6.45, 7) is 0.381. The second-order valence-electron chi connectivity index (χ2n) is 4.29. The SMILES string of the molecule is O=C(Nc1nccs1)[C@H]1COc2ccc(Cl)cc2C1. The minimum absolute atomic E-state index is 0.0689. The fourth-order valence-corrected chi connectivity index (χ4v) is 2.75. The molecule has 1 amide bonds. The van der Waals surface area contributed by atoms with Gasteiger partial charge in [0.1, 0.15) is 12.4 Å². The quantitative estimate of drug-likeness (QED) is 0.926.